The zero-order valence-electron chi connectivity index (χ0n) is 18.6. The molecule has 2 aliphatic heterocycles. The summed E-state index contributed by atoms with van der Waals surface area (Å²) in [6.07, 6.45) is 0. The van der Waals surface area contributed by atoms with Gasteiger partial charge in [0, 0.05) is 44.1 Å². The van der Waals surface area contributed by atoms with Gasteiger partial charge in [0.2, 0.25) is 5.91 Å². The first-order chi connectivity index (χ1) is 16.6. The lowest BCUT2D eigenvalue weighted by atomic mass is 10.2. The van der Waals surface area contributed by atoms with Crippen LogP contribution in [0, 0.1) is 0 Å². The van der Waals surface area contributed by atoms with Gasteiger partial charge in [-0.2, -0.15) is 0 Å². The van der Waals surface area contributed by atoms with Crippen LogP contribution in [0.2, 0.25) is 0 Å². The number of thioether (sulfide) groups is 1. The molecule has 3 aromatic rings. The van der Waals surface area contributed by atoms with E-state index in [-0.39, 0.29) is 23.3 Å². The van der Waals surface area contributed by atoms with Crippen LogP contribution in [-0.4, -0.2) is 83.0 Å². The first-order valence-electron chi connectivity index (χ1n) is 11.2. The Morgan fingerprint density at radius 1 is 1.12 bits per heavy atom. The van der Waals surface area contributed by atoms with E-state index in [9.17, 15) is 14.4 Å². The number of rotatable bonds is 7. The van der Waals surface area contributed by atoms with Crippen molar-refractivity contribution in [3.05, 3.63) is 46.8 Å². The fourth-order valence-electron chi connectivity index (χ4n) is 4.02. The number of thiophene rings is 1. The van der Waals surface area contributed by atoms with Crippen molar-refractivity contribution in [1.29, 1.82) is 0 Å². The quantitative estimate of drug-likeness (QED) is 0.393. The highest BCUT2D eigenvalue weighted by Crippen LogP contribution is 2.32. The first kappa shape index (κ1) is 23.0. The molecule has 1 N–H and O–H groups in total. The molecule has 1 aromatic carbocycles. The van der Waals surface area contributed by atoms with E-state index in [1.165, 1.54) is 28.0 Å². The maximum atomic E-state index is 13.5. The van der Waals surface area contributed by atoms with Gasteiger partial charge in [0.15, 0.2) is 5.16 Å². The van der Waals surface area contributed by atoms with Gasteiger partial charge in [0.1, 0.15) is 4.70 Å². The molecule has 0 saturated carbocycles. The Morgan fingerprint density at radius 2 is 1.91 bits per heavy atom. The fourth-order valence-corrected chi connectivity index (χ4v) is 5.97. The molecule has 9 nitrogen and oxygen atoms in total. The second-order valence-electron chi connectivity index (χ2n) is 8.06. The van der Waals surface area contributed by atoms with Gasteiger partial charge in [-0.3, -0.25) is 24.0 Å². The van der Waals surface area contributed by atoms with Crippen molar-refractivity contribution in [3.63, 3.8) is 0 Å². The van der Waals surface area contributed by atoms with Gasteiger partial charge in [0.05, 0.1) is 24.5 Å². The van der Waals surface area contributed by atoms with Gasteiger partial charge in [-0.15, -0.1) is 11.3 Å². The number of nitrogens with one attached hydrogen (secondary N) is 1. The van der Waals surface area contributed by atoms with Gasteiger partial charge in [-0.1, -0.05) is 42.1 Å². The number of benzene rings is 1. The molecule has 3 amide bonds. The lowest BCUT2D eigenvalue weighted by molar-refractivity contribution is -0.124. The molecule has 0 spiro atoms. The molecule has 34 heavy (non-hydrogen) atoms. The predicted octanol–water partition coefficient (Wildman–Crippen LogP) is 2.10. The van der Waals surface area contributed by atoms with Crippen LogP contribution in [-0.2, 0) is 16.1 Å². The van der Waals surface area contributed by atoms with Crippen LogP contribution in [0.4, 0.5) is 4.79 Å². The molecular weight excluding hydrogens is 474 g/mol. The average molecular weight is 500 g/mol. The molecule has 2 saturated heterocycles. The third-order valence-electron chi connectivity index (χ3n) is 5.88. The molecule has 0 unspecified atom stereocenters. The van der Waals surface area contributed by atoms with E-state index >= 15 is 0 Å². The molecule has 2 aliphatic rings. The Balaban J connectivity index is 1.44. The number of imide groups is 1. The van der Waals surface area contributed by atoms with Crippen LogP contribution in [0.15, 0.2) is 46.3 Å². The summed E-state index contributed by atoms with van der Waals surface area (Å²) in [4.78, 5) is 47.2. The van der Waals surface area contributed by atoms with Gasteiger partial charge in [-0.25, -0.2) is 9.78 Å². The molecule has 0 aliphatic carbocycles. The number of hydrogen-bond acceptors (Lipinski definition) is 8. The normalized spacial score (nSPS) is 16.8. The molecule has 4 heterocycles. The van der Waals surface area contributed by atoms with E-state index in [0.29, 0.717) is 54.8 Å². The number of nitrogens with zero attached hydrogens (tertiary/aromatic N) is 4. The van der Waals surface area contributed by atoms with Gasteiger partial charge >= 0.3 is 6.03 Å². The highest BCUT2D eigenvalue weighted by atomic mass is 32.2. The summed E-state index contributed by atoms with van der Waals surface area (Å²) in [7, 11) is 0. The Bertz CT molecular complexity index is 1250. The average Bonchev–Trinajstić information content (AvgIpc) is 3.50. The van der Waals surface area contributed by atoms with Gasteiger partial charge < -0.3 is 10.1 Å². The molecule has 11 heteroatoms. The Morgan fingerprint density at radius 3 is 2.65 bits per heavy atom. The van der Waals surface area contributed by atoms with Crippen LogP contribution >= 0.6 is 23.1 Å². The zero-order chi connectivity index (χ0) is 23.5. The maximum Gasteiger partial charge on any atom is 0.324 e. The zero-order valence-corrected chi connectivity index (χ0v) is 20.2. The summed E-state index contributed by atoms with van der Waals surface area (Å²) in [5.41, 5.74) is 1.57. The molecule has 178 valence electrons. The van der Waals surface area contributed by atoms with Crippen molar-refractivity contribution in [1.82, 2.24) is 24.7 Å². The second kappa shape index (κ2) is 10.3. The predicted molar refractivity (Wildman–Crippen MR) is 132 cm³/mol. The van der Waals surface area contributed by atoms with E-state index in [4.69, 9.17) is 9.72 Å². The third kappa shape index (κ3) is 4.88. The van der Waals surface area contributed by atoms with Crippen LogP contribution in [0.5, 0.6) is 0 Å². The number of hydrogen-bond donors (Lipinski definition) is 1. The van der Waals surface area contributed by atoms with Crippen LogP contribution in [0.1, 0.15) is 0 Å². The Hall–Kier alpha value is -2.73. The van der Waals surface area contributed by atoms with Crippen LogP contribution in [0.3, 0.4) is 0 Å². The first-order valence-corrected chi connectivity index (χ1v) is 13.0. The van der Waals surface area contributed by atoms with E-state index in [1.54, 1.807) is 4.57 Å². The van der Waals surface area contributed by atoms with Crippen molar-refractivity contribution in [2.75, 3.05) is 51.7 Å². The van der Waals surface area contributed by atoms with E-state index in [1.807, 2.05) is 36.4 Å². The topological polar surface area (TPSA) is 96.8 Å². The maximum absolute atomic E-state index is 13.5. The molecule has 2 fully saturated rings. The second-order valence-corrected chi connectivity index (χ2v) is 10.1. The van der Waals surface area contributed by atoms with Crippen molar-refractivity contribution in [3.8, 4) is 10.4 Å². The molecule has 5 rings (SSSR count). The number of urea groups is 1. The summed E-state index contributed by atoms with van der Waals surface area (Å²) in [6.45, 7) is 5.02. The SMILES string of the molecule is O=C(CSc1nc2cc(-c3ccccc3)sc2c(=O)n1CCN1CCOCC1)N1CCNC1=O. The fraction of sp³-hybridized carbons (Fsp3) is 0.391. The highest BCUT2D eigenvalue weighted by molar-refractivity contribution is 7.99. The summed E-state index contributed by atoms with van der Waals surface area (Å²) >= 11 is 2.65. The van der Waals surface area contributed by atoms with Crippen LogP contribution < -0.4 is 10.9 Å². The molecule has 0 atom stereocenters. The lowest BCUT2D eigenvalue weighted by Gasteiger charge is -2.27. The largest absolute Gasteiger partial charge is 0.379 e. The Kier molecular flexibility index (Phi) is 6.95. The Labute approximate surface area is 204 Å². The molecule has 0 radical (unpaired) electrons. The van der Waals surface area contributed by atoms with Crippen molar-refractivity contribution < 1.29 is 14.3 Å². The number of carbonyl (C=O) groups is 2. The number of carbonyl (C=O) groups excluding carboxylic acids is 2. The van der Waals surface area contributed by atoms with E-state index in [0.717, 1.165) is 23.5 Å². The van der Waals surface area contributed by atoms with Crippen molar-refractivity contribution in [2.24, 2.45) is 0 Å². The number of aromatic nitrogens is 2. The summed E-state index contributed by atoms with van der Waals surface area (Å²) in [6, 6.07) is 11.5. The number of fused-ring (bicyclic) bond motifs is 1. The lowest BCUT2D eigenvalue weighted by Crippen LogP contribution is -2.39. The molecule has 0 bridgehead atoms. The smallest absolute Gasteiger partial charge is 0.324 e. The number of ether oxygens (including phenoxy) is 1. The van der Waals surface area contributed by atoms with Crippen molar-refractivity contribution >= 4 is 45.3 Å². The van der Waals surface area contributed by atoms with E-state index < -0.39 is 0 Å². The van der Waals surface area contributed by atoms with Gasteiger partial charge in [-0.05, 0) is 11.6 Å². The van der Waals surface area contributed by atoms with E-state index in [2.05, 4.69) is 10.2 Å². The van der Waals surface area contributed by atoms with Gasteiger partial charge in [0.25, 0.3) is 5.56 Å². The number of amides is 3. The standard InChI is InChI=1S/C23H25N5O4S2/c29-19(27-7-6-24-22(27)31)15-33-23-25-17-14-18(16-4-2-1-3-5-16)34-20(17)21(30)28(23)9-8-26-10-12-32-13-11-26/h1-5,14H,6-13,15H2,(H,24,31). The minimum Gasteiger partial charge on any atom is -0.379 e. The van der Waals surface area contributed by atoms with Crippen LogP contribution in [0.25, 0.3) is 20.7 Å². The minimum absolute atomic E-state index is 0.0403. The molecule has 2 aromatic heterocycles. The summed E-state index contributed by atoms with van der Waals surface area (Å²) in [5, 5.41) is 3.14. The summed E-state index contributed by atoms with van der Waals surface area (Å²) in [5.74, 6) is -0.247. The summed E-state index contributed by atoms with van der Waals surface area (Å²) < 4.78 is 7.70. The monoisotopic (exact) mass is 499 g/mol. The number of morpholine rings is 1. The third-order valence-corrected chi connectivity index (χ3v) is 8.01. The highest BCUT2D eigenvalue weighted by Gasteiger charge is 2.26. The molecular formula is C23H25N5O4S2. The minimum atomic E-state index is -0.371. The van der Waals surface area contributed by atoms with Crippen molar-refractivity contribution in [2.45, 2.75) is 11.7 Å².